The number of aliphatic hydroxyl groups excluding tert-OH is 1. The molecule has 0 aliphatic carbocycles. The van der Waals surface area contributed by atoms with Crippen molar-refractivity contribution in [3.63, 3.8) is 0 Å². The molecule has 210 valence electrons. The molecule has 0 saturated heterocycles. The molecule has 0 aliphatic rings. The van der Waals surface area contributed by atoms with E-state index in [0.29, 0.717) is 12.4 Å². The van der Waals surface area contributed by atoms with Crippen molar-refractivity contribution < 1.29 is 29.5 Å². The number of fused-ring (bicyclic) bond motifs is 1. The van der Waals surface area contributed by atoms with Crippen LogP contribution in [0.3, 0.4) is 0 Å². The molecule has 3 aromatic rings. The highest BCUT2D eigenvalue weighted by Crippen LogP contribution is 2.23. The lowest BCUT2D eigenvalue weighted by Gasteiger charge is -2.31. The number of amides is 3. The van der Waals surface area contributed by atoms with Crippen molar-refractivity contribution in [2.75, 3.05) is 6.61 Å². The van der Waals surface area contributed by atoms with Crippen LogP contribution in [0.15, 0.2) is 72.8 Å². The molecule has 0 saturated carbocycles. The minimum Gasteiger partial charge on any atom is -0.396 e. The van der Waals surface area contributed by atoms with Crippen molar-refractivity contribution in [1.82, 2.24) is 16.3 Å². The molecule has 5 N–H and O–H groups in total. The maximum Gasteiger partial charge on any atom is 0.275 e. The molecule has 39 heavy (non-hydrogen) atoms. The van der Waals surface area contributed by atoms with Gasteiger partial charge >= 0.3 is 0 Å². The largest absolute Gasteiger partial charge is 0.396 e. The molecule has 3 aromatic carbocycles. The van der Waals surface area contributed by atoms with E-state index in [0.717, 1.165) is 22.8 Å². The average molecular weight is 538 g/mol. The Morgan fingerprint density at radius 3 is 2.10 bits per heavy atom. The second-order valence-electron chi connectivity index (χ2n) is 10.2. The third-order valence-corrected chi connectivity index (χ3v) is 5.87. The van der Waals surface area contributed by atoms with Gasteiger partial charge in [-0.2, -0.15) is 5.48 Å². The van der Waals surface area contributed by atoms with Crippen LogP contribution in [-0.4, -0.2) is 40.7 Å². The molecule has 0 aromatic heterocycles. The first kappa shape index (κ1) is 31.3. The van der Waals surface area contributed by atoms with Gasteiger partial charge in [0.1, 0.15) is 6.04 Å². The van der Waals surface area contributed by atoms with E-state index >= 15 is 0 Å². The molecule has 9 heteroatoms. The summed E-state index contributed by atoms with van der Waals surface area (Å²) in [7, 11) is 0. The number of benzene rings is 3. The first-order chi connectivity index (χ1) is 18.6. The lowest BCUT2D eigenvalue weighted by molar-refractivity contribution is -0.139. The SMILES string of the molecule is CC(C)(C)[C@H](NC(=O)C(CC(=O)NO)Cc1ccc2ccccc2c1)C(=O)NOc1ccccc1.CCCO. The summed E-state index contributed by atoms with van der Waals surface area (Å²) >= 11 is 0. The van der Waals surface area contributed by atoms with E-state index in [9.17, 15) is 14.4 Å². The van der Waals surface area contributed by atoms with Crippen LogP contribution in [0.1, 0.15) is 46.1 Å². The van der Waals surface area contributed by atoms with E-state index in [1.165, 1.54) is 0 Å². The van der Waals surface area contributed by atoms with Crippen molar-refractivity contribution in [2.45, 2.75) is 53.0 Å². The molecule has 0 spiro atoms. The lowest BCUT2D eigenvalue weighted by atomic mass is 9.85. The number of aliphatic hydroxyl groups is 1. The molecular formula is C30H39N3O6. The molecule has 0 fully saturated rings. The molecule has 9 nitrogen and oxygen atoms in total. The molecule has 0 aliphatic heterocycles. The van der Waals surface area contributed by atoms with Gasteiger partial charge in [0.25, 0.3) is 5.91 Å². The normalized spacial score (nSPS) is 12.4. The summed E-state index contributed by atoms with van der Waals surface area (Å²) in [5.41, 5.74) is 4.20. The fourth-order valence-corrected chi connectivity index (χ4v) is 3.77. The summed E-state index contributed by atoms with van der Waals surface area (Å²) in [5.74, 6) is -2.04. The second kappa shape index (κ2) is 15.5. The highest BCUT2D eigenvalue weighted by atomic mass is 16.7. The third-order valence-electron chi connectivity index (χ3n) is 5.87. The van der Waals surface area contributed by atoms with Gasteiger partial charge in [0.15, 0.2) is 5.75 Å². The van der Waals surface area contributed by atoms with Crippen LogP contribution in [0.4, 0.5) is 0 Å². The van der Waals surface area contributed by atoms with Gasteiger partial charge in [-0.1, -0.05) is 88.4 Å². The number of para-hydroxylation sites is 1. The molecule has 0 radical (unpaired) electrons. The minimum atomic E-state index is -0.935. The second-order valence-corrected chi connectivity index (χ2v) is 10.2. The van der Waals surface area contributed by atoms with Gasteiger partial charge in [-0.25, -0.2) is 5.48 Å². The maximum absolute atomic E-state index is 13.3. The van der Waals surface area contributed by atoms with Crippen LogP contribution in [0.25, 0.3) is 10.8 Å². The lowest BCUT2D eigenvalue weighted by Crippen LogP contribution is -2.55. The number of nitrogens with one attached hydrogen (secondary N) is 3. The standard InChI is InChI=1S/C27H31N3O5.C3H8O/c1-27(2,3)24(26(33)30-35-22-11-5-4-6-12-22)28-25(32)21(17-23(31)29-34)16-18-13-14-19-9-7-8-10-20(19)15-18;1-2-3-4/h4-15,21,24,34H,16-17H2,1-3H3,(H,28,32)(H,29,31)(H,30,33);4H,2-3H2,1H3/t21?,24-;/m1./s1. The fraction of sp³-hybridized carbons (Fsp3) is 0.367. The van der Waals surface area contributed by atoms with E-state index < -0.39 is 35.1 Å². The van der Waals surface area contributed by atoms with E-state index in [4.69, 9.17) is 15.2 Å². The van der Waals surface area contributed by atoms with Crippen LogP contribution in [-0.2, 0) is 20.8 Å². The summed E-state index contributed by atoms with van der Waals surface area (Å²) in [6.07, 6.45) is 0.886. The van der Waals surface area contributed by atoms with Crippen LogP contribution in [0.5, 0.6) is 5.75 Å². The van der Waals surface area contributed by atoms with Crippen molar-refractivity contribution in [1.29, 1.82) is 0 Å². The Kier molecular flexibility index (Phi) is 12.4. The van der Waals surface area contributed by atoms with Gasteiger partial charge < -0.3 is 15.3 Å². The van der Waals surface area contributed by atoms with Gasteiger partial charge in [-0.05, 0) is 46.7 Å². The summed E-state index contributed by atoms with van der Waals surface area (Å²) < 4.78 is 0. The number of hydrogen-bond donors (Lipinski definition) is 5. The molecule has 0 bridgehead atoms. The average Bonchev–Trinajstić information content (AvgIpc) is 2.94. The van der Waals surface area contributed by atoms with Crippen molar-refractivity contribution >= 4 is 28.5 Å². The Morgan fingerprint density at radius 2 is 1.51 bits per heavy atom. The van der Waals surface area contributed by atoms with Crippen molar-refractivity contribution in [3.8, 4) is 5.75 Å². The Morgan fingerprint density at radius 1 is 0.897 bits per heavy atom. The quantitative estimate of drug-likeness (QED) is 0.196. The van der Waals surface area contributed by atoms with Crippen LogP contribution < -0.4 is 21.1 Å². The fourth-order valence-electron chi connectivity index (χ4n) is 3.77. The summed E-state index contributed by atoms with van der Waals surface area (Å²) in [5, 5.41) is 21.8. The number of rotatable bonds is 10. The highest BCUT2D eigenvalue weighted by molar-refractivity contribution is 5.91. The Balaban J connectivity index is 0.00000124. The van der Waals surface area contributed by atoms with Gasteiger partial charge in [0.05, 0.1) is 5.92 Å². The highest BCUT2D eigenvalue weighted by Gasteiger charge is 2.35. The topological polar surface area (TPSA) is 137 Å². The van der Waals surface area contributed by atoms with Gasteiger partial charge in [0, 0.05) is 13.0 Å². The minimum absolute atomic E-state index is 0.242. The number of hydroxylamine groups is 2. The summed E-state index contributed by atoms with van der Waals surface area (Å²) in [4.78, 5) is 43.6. The first-order valence-corrected chi connectivity index (χ1v) is 12.9. The predicted molar refractivity (Wildman–Crippen MR) is 150 cm³/mol. The maximum atomic E-state index is 13.3. The molecular weight excluding hydrogens is 498 g/mol. The van der Waals surface area contributed by atoms with Gasteiger partial charge in [0.2, 0.25) is 11.8 Å². The zero-order valence-electron chi connectivity index (χ0n) is 22.9. The van der Waals surface area contributed by atoms with Crippen LogP contribution in [0.2, 0.25) is 0 Å². The van der Waals surface area contributed by atoms with Crippen molar-refractivity contribution in [3.05, 3.63) is 78.4 Å². The monoisotopic (exact) mass is 537 g/mol. The number of carbonyl (C=O) groups excluding carboxylic acids is 3. The van der Waals surface area contributed by atoms with Crippen molar-refractivity contribution in [2.24, 2.45) is 11.3 Å². The molecule has 3 rings (SSSR count). The van der Waals surface area contributed by atoms with E-state index in [2.05, 4.69) is 10.8 Å². The van der Waals surface area contributed by atoms with Crippen LogP contribution >= 0.6 is 0 Å². The molecule has 1 unspecified atom stereocenters. The molecule has 0 heterocycles. The third kappa shape index (κ3) is 10.4. The zero-order valence-corrected chi connectivity index (χ0v) is 22.9. The predicted octanol–water partition coefficient (Wildman–Crippen LogP) is 3.92. The zero-order chi connectivity index (χ0) is 28.8. The Bertz CT molecular complexity index is 1210. The number of carbonyl (C=O) groups is 3. The van der Waals surface area contributed by atoms with Gasteiger partial charge in [-0.15, -0.1) is 0 Å². The smallest absolute Gasteiger partial charge is 0.275 e. The Hall–Kier alpha value is -3.95. The molecule has 3 amide bonds. The summed E-state index contributed by atoms with van der Waals surface area (Å²) in [6.45, 7) is 7.70. The Labute approximate surface area is 229 Å². The van der Waals surface area contributed by atoms with E-state index in [1.807, 2.05) is 76.2 Å². The van der Waals surface area contributed by atoms with Crippen LogP contribution in [0, 0.1) is 11.3 Å². The molecule has 2 atom stereocenters. The van der Waals surface area contributed by atoms with Gasteiger partial charge in [-0.3, -0.25) is 19.6 Å². The number of hydrogen-bond acceptors (Lipinski definition) is 6. The first-order valence-electron chi connectivity index (χ1n) is 12.9. The van der Waals surface area contributed by atoms with E-state index in [1.54, 1.807) is 29.7 Å². The summed E-state index contributed by atoms with van der Waals surface area (Å²) in [6, 6.07) is 21.5. The van der Waals surface area contributed by atoms with E-state index in [-0.39, 0.29) is 12.8 Å².